The number of fused-ring (bicyclic) bond motifs is 2. The van der Waals surface area contributed by atoms with Gasteiger partial charge in [-0.25, -0.2) is 13.8 Å². The van der Waals surface area contributed by atoms with E-state index in [-0.39, 0.29) is 30.0 Å². The number of aryl methyl sites for hydroxylation is 2. The topological polar surface area (TPSA) is 77.8 Å². The Hall–Kier alpha value is -4.01. The van der Waals surface area contributed by atoms with Crippen LogP contribution >= 0.6 is 0 Å². The lowest BCUT2D eigenvalue weighted by Crippen LogP contribution is -2.32. The van der Waals surface area contributed by atoms with Gasteiger partial charge in [-0.05, 0) is 43.7 Å². The maximum atomic E-state index is 14.0. The fourth-order valence-electron chi connectivity index (χ4n) is 4.16. The van der Waals surface area contributed by atoms with E-state index in [2.05, 4.69) is 15.4 Å². The number of rotatable bonds is 5. The van der Waals surface area contributed by atoms with Gasteiger partial charge >= 0.3 is 0 Å². The highest BCUT2D eigenvalue weighted by molar-refractivity contribution is 6.02. The zero-order valence-corrected chi connectivity index (χ0v) is 18.6. The van der Waals surface area contributed by atoms with E-state index < -0.39 is 11.6 Å². The van der Waals surface area contributed by atoms with E-state index in [0.29, 0.717) is 35.7 Å². The van der Waals surface area contributed by atoms with Gasteiger partial charge in [0.05, 0.1) is 35.0 Å². The molecular formula is C25H22F2N4O3. The molecule has 4 aromatic rings. The first-order valence-electron chi connectivity index (χ1n) is 10.9. The van der Waals surface area contributed by atoms with E-state index >= 15 is 0 Å². The number of ether oxygens (including phenoxy) is 2. The van der Waals surface area contributed by atoms with Gasteiger partial charge in [-0.15, -0.1) is 0 Å². The maximum Gasteiger partial charge on any atom is 0.255 e. The Balaban J connectivity index is 1.46. The van der Waals surface area contributed by atoms with Gasteiger partial charge in [0.1, 0.15) is 18.2 Å². The number of aromatic nitrogens is 3. The van der Waals surface area contributed by atoms with Gasteiger partial charge in [-0.3, -0.25) is 4.79 Å². The van der Waals surface area contributed by atoms with Crippen LogP contribution in [0.2, 0.25) is 0 Å². The molecule has 1 aliphatic rings. The monoisotopic (exact) mass is 464 g/mol. The van der Waals surface area contributed by atoms with Crippen LogP contribution in [0.3, 0.4) is 0 Å². The van der Waals surface area contributed by atoms with Crippen LogP contribution in [-0.4, -0.2) is 27.1 Å². The Kier molecular flexibility index (Phi) is 5.61. The van der Waals surface area contributed by atoms with E-state index in [0.717, 1.165) is 11.1 Å². The number of carbonyl (C=O) groups excluding carboxylic acids is 1. The van der Waals surface area contributed by atoms with Gasteiger partial charge in [0, 0.05) is 24.2 Å². The quantitative estimate of drug-likeness (QED) is 0.472. The van der Waals surface area contributed by atoms with Crippen LogP contribution in [0.5, 0.6) is 11.8 Å². The molecule has 7 nitrogen and oxygen atoms in total. The number of pyridine rings is 2. The number of nitrogens with zero attached hydrogens (tertiary/aromatic N) is 3. The molecule has 0 saturated heterocycles. The standard InChI is InChI=1S/C25H22F2N4O3/c1-14-11-21-23(24(32)29-20-8-10-33-25-16(20)5-4-9-28-25)15(2)30-31(21)22(12-14)34-13-17-18(26)6-3-7-19(17)27/h3-7,9,11-12,20H,8,10,13H2,1-2H3,(H,29,32). The van der Waals surface area contributed by atoms with Crippen molar-refractivity contribution in [2.75, 3.05) is 6.61 Å². The molecule has 0 fully saturated rings. The highest BCUT2D eigenvalue weighted by Gasteiger charge is 2.27. The summed E-state index contributed by atoms with van der Waals surface area (Å²) >= 11 is 0. The average Bonchev–Trinajstić information content (AvgIpc) is 3.14. The predicted molar refractivity (Wildman–Crippen MR) is 120 cm³/mol. The first kappa shape index (κ1) is 21.8. The second kappa shape index (κ2) is 8.74. The second-order valence-electron chi connectivity index (χ2n) is 8.18. The summed E-state index contributed by atoms with van der Waals surface area (Å²) in [5, 5.41) is 7.55. The summed E-state index contributed by atoms with van der Waals surface area (Å²) in [6.07, 6.45) is 2.26. The third-order valence-corrected chi connectivity index (χ3v) is 5.80. The van der Waals surface area contributed by atoms with Crippen LogP contribution in [0.1, 0.15) is 45.2 Å². The lowest BCUT2D eigenvalue weighted by molar-refractivity contribution is 0.0925. The molecule has 0 spiro atoms. The second-order valence-corrected chi connectivity index (χ2v) is 8.18. The normalized spacial score (nSPS) is 15.0. The Morgan fingerprint density at radius 3 is 2.79 bits per heavy atom. The number of halogens is 2. The molecule has 3 aromatic heterocycles. The van der Waals surface area contributed by atoms with Gasteiger partial charge in [-0.2, -0.15) is 9.61 Å². The maximum absolute atomic E-state index is 14.0. The minimum atomic E-state index is -0.688. The molecular weight excluding hydrogens is 442 g/mol. The molecule has 0 saturated carbocycles. The summed E-state index contributed by atoms with van der Waals surface area (Å²) in [7, 11) is 0. The molecule has 1 aliphatic heterocycles. The van der Waals surface area contributed by atoms with Crippen molar-refractivity contribution >= 4 is 11.4 Å². The van der Waals surface area contributed by atoms with Crippen molar-refractivity contribution in [3.05, 3.63) is 88.2 Å². The fourth-order valence-corrected chi connectivity index (χ4v) is 4.16. The lowest BCUT2D eigenvalue weighted by Gasteiger charge is -2.25. The molecule has 34 heavy (non-hydrogen) atoms. The molecule has 4 heterocycles. The van der Waals surface area contributed by atoms with Gasteiger partial charge in [-0.1, -0.05) is 12.1 Å². The smallest absolute Gasteiger partial charge is 0.255 e. The molecule has 1 atom stereocenters. The zero-order valence-electron chi connectivity index (χ0n) is 18.6. The van der Waals surface area contributed by atoms with Crippen molar-refractivity contribution in [1.29, 1.82) is 0 Å². The Bertz CT molecular complexity index is 1380. The summed E-state index contributed by atoms with van der Waals surface area (Å²) in [6, 6.07) is 10.6. The average molecular weight is 464 g/mol. The van der Waals surface area contributed by atoms with Crippen molar-refractivity contribution in [2.45, 2.75) is 32.9 Å². The van der Waals surface area contributed by atoms with E-state index in [1.54, 1.807) is 25.3 Å². The number of amides is 1. The highest BCUT2D eigenvalue weighted by Crippen LogP contribution is 2.31. The zero-order chi connectivity index (χ0) is 23.8. The van der Waals surface area contributed by atoms with E-state index in [4.69, 9.17) is 9.47 Å². The van der Waals surface area contributed by atoms with Crippen molar-refractivity contribution < 1.29 is 23.0 Å². The first-order valence-corrected chi connectivity index (χ1v) is 10.9. The van der Waals surface area contributed by atoms with Crippen LogP contribution in [0, 0.1) is 25.5 Å². The van der Waals surface area contributed by atoms with Crippen molar-refractivity contribution in [2.24, 2.45) is 0 Å². The molecule has 174 valence electrons. The third-order valence-electron chi connectivity index (χ3n) is 5.80. The Morgan fingerprint density at radius 2 is 2.00 bits per heavy atom. The predicted octanol–water partition coefficient (Wildman–Crippen LogP) is 4.46. The van der Waals surface area contributed by atoms with Crippen LogP contribution < -0.4 is 14.8 Å². The van der Waals surface area contributed by atoms with E-state index in [1.165, 1.54) is 22.7 Å². The summed E-state index contributed by atoms with van der Waals surface area (Å²) in [4.78, 5) is 17.6. The van der Waals surface area contributed by atoms with Crippen molar-refractivity contribution in [1.82, 2.24) is 19.9 Å². The Morgan fingerprint density at radius 1 is 1.21 bits per heavy atom. The third kappa shape index (κ3) is 3.93. The number of hydrogen-bond acceptors (Lipinski definition) is 5. The first-order chi connectivity index (χ1) is 16.4. The highest BCUT2D eigenvalue weighted by atomic mass is 19.1. The summed E-state index contributed by atoms with van der Waals surface area (Å²) in [6.45, 7) is 3.72. The molecule has 0 aliphatic carbocycles. The molecule has 0 radical (unpaired) electrons. The van der Waals surface area contributed by atoms with Gasteiger partial charge in [0.25, 0.3) is 5.91 Å². The minimum Gasteiger partial charge on any atom is -0.477 e. The molecule has 1 aromatic carbocycles. The van der Waals surface area contributed by atoms with Crippen LogP contribution in [0.4, 0.5) is 8.78 Å². The van der Waals surface area contributed by atoms with Crippen molar-refractivity contribution in [3.8, 4) is 11.8 Å². The van der Waals surface area contributed by atoms with Gasteiger partial charge < -0.3 is 14.8 Å². The summed E-state index contributed by atoms with van der Waals surface area (Å²) in [5.74, 6) is -0.868. The molecule has 1 N–H and O–H groups in total. The molecule has 5 rings (SSSR count). The molecule has 1 amide bonds. The SMILES string of the molecule is Cc1cc(OCc2c(F)cccc2F)n2nc(C)c(C(=O)NC3CCOc4ncccc43)c2c1. The molecule has 9 heteroatoms. The van der Waals surface area contributed by atoms with E-state index in [1.807, 2.05) is 19.1 Å². The van der Waals surface area contributed by atoms with E-state index in [9.17, 15) is 13.6 Å². The fraction of sp³-hybridized carbons (Fsp3) is 0.240. The van der Waals surface area contributed by atoms with Crippen LogP contribution in [0.25, 0.3) is 5.52 Å². The van der Waals surface area contributed by atoms with Crippen LogP contribution in [-0.2, 0) is 6.61 Å². The molecule has 1 unspecified atom stereocenters. The van der Waals surface area contributed by atoms with Gasteiger partial charge in [0.2, 0.25) is 11.8 Å². The minimum absolute atomic E-state index is 0.175. The molecule has 0 bridgehead atoms. The van der Waals surface area contributed by atoms with Crippen molar-refractivity contribution in [3.63, 3.8) is 0 Å². The summed E-state index contributed by atoms with van der Waals surface area (Å²) in [5.41, 5.74) is 2.91. The largest absolute Gasteiger partial charge is 0.477 e. The number of carbonyl (C=O) groups is 1. The number of hydrogen-bond donors (Lipinski definition) is 1. The lowest BCUT2D eigenvalue weighted by atomic mass is 10.0. The summed E-state index contributed by atoms with van der Waals surface area (Å²) < 4.78 is 40.9. The Labute approximate surface area is 194 Å². The van der Waals surface area contributed by atoms with Gasteiger partial charge in [0.15, 0.2) is 0 Å². The number of nitrogens with one attached hydrogen (secondary N) is 1. The van der Waals surface area contributed by atoms with Crippen LogP contribution in [0.15, 0.2) is 48.7 Å². The number of benzene rings is 1.